The molecular weight excluding hydrogens is 246 g/mol. The zero-order valence-corrected chi connectivity index (χ0v) is 12.8. The van der Waals surface area contributed by atoms with Crippen LogP contribution in [0.1, 0.15) is 45.1 Å². The van der Waals surface area contributed by atoms with Crippen LogP contribution in [0.2, 0.25) is 0 Å². The minimum atomic E-state index is 0.0140. The van der Waals surface area contributed by atoms with Gasteiger partial charge in [0, 0.05) is 12.5 Å². The summed E-state index contributed by atoms with van der Waals surface area (Å²) in [6.07, 6.45) is 3.77. The van der Waals surface area contributed by atoms with Gasteiger partial charge in [-0.1, -0.05) is 57.7 Å². The van der Waals surface area contributed by atoms with Gasteiger partial charge in [-0.2, -0.15) is 0 Å². The predicted octanol–water partition coefficient (Wildman–Crippen LogP) is 4.20. The molecule has 2 heteroatoms. The maximum absolute atomic E-state index is 12.2. The van der Waals surface area contributed by atoms with Gasteiger partial charge in [0.05, 0.1) is 0 Å². The zero-order chi connectivity index (χ0) is 14.8. The van der Waals surface area contributed by atoms with Gasteiger partial charge in [-0.25, -0.2) is 0 Å². The summed E-state index contributed by atoms with van der Waals surface area (Å²) in [5, 5.41) is 0. The number of hydrogen-bond donors (Lipinski definition) is 0. The van der Waals surface area contributed by atoms with Crippen LogP contribution in [-0.4, -0.2) is 17.4 Å². The molecule has 1 unspecified atom stereocenters. The van der Waals surface area contributed by atoms with E-state index in [-0.39, 0.29) is 17.2 Å². The van der Waals surface area contributed by atoms with Crippen LogP contribution in [0.3, 0.4) is 0 Å². The van der Waals surface area contributed by atoms with E-state index in [1.54, 1.807) is 6.20 Å². The van der Waals surface area contributed by atoms with Crippen molar-refractivity contribution in [1.82, 2.24) is 4.90 Å². The Morgan fingerprint density at radius 1 is 1.40 bits per heavy atom. The number of benzene rings is 1. The fourth-order valence-electron chi connectivity index (χ4n) is 2.57. The average molecular weight is 271 g/mol. The highest BCUT2D eigenvalue weighted by atomic mass is 16.2. The SMILES string of the molecule is C=CN(CC(C)(C)C(C)c1ccccc1)C(=O)C1CC1. The molecule has 1 aliphatic carbocycles. The molecule has 1 amide bonds. The Hall–Kier alpha value is -1.57. The van der Waals surface area contributed by atoms with Crippen LogP contribution in [0.5, 0.6) is 0 Å². The number of amides is 1. The summed E-state index contributed by atoms with van der Waals surface area (Å²) in [6.45, 7) is 11.2. The smallest absolute Gasteiger partial charge is 0.229 e. The van der Waals surface area contributed by atoms with Crippen molar-refractivity contribution >= 4 is 5.91 Å². The zero-order valence-electron chi connectivity index (χ0n) is 12.8. The molecule has 1 fully saturated rings. The third kappa shape index (κ3) is 3.30. The normalized spacial score (nSPS) is 16.6. The lowest BCUT2D eigenvalue weighted by Gasteiger charge is -2.36. The van der Waals surface area contributed by atoms with Gasteiger partial charge >= 0.3 is 0 Å². The Balaban J connectivity index is 2.08. The number of carbonyl (C=O) groups is 1. The summed E-state index contributed by atoms with van der Waals surface area (Å²) in [7, 11) is 0. The third-order valence-corrected chi connectivity index (χ3v) is 4.48. The molecule has 1 aromatic rings. The van der Waals surface area contributed by atoms with Crippen molar-refractivity contribution in [2.75, 3.05) is 6.54 Å². The summed E-state index contributed by atoms with van der Waals surface area (Å²) in [5.41, 5.74) is 1.33. The number of hydrogen-bond acceptors (Lipinski definition) is 1. The minimum Gasteiger partial charge on any atom is -0.319 e. The molecule has 2 rings (SSSR count). The lowest BCUT2D eigenvalue weighted by atomic mass is 9.75. The molecule has 0 aromatic heterocycles. The van der Waals surface area contributed by atoms with Gasteiger partial charge in [-0.3, -0.25) is 4.79 Å². The molecule has 1 aromatic carbocycles. The van der Waals surface area contributed by atoms with E-state index in [0.717, 1.165) is 19.4 Å². The first-order valence-corrected chi connectivity index (χ1v) is 7.43. The van der Waals surface area contributed by atoms with Gasteiger partial charge in [0.1, 0.15) is 0 Å². The summed E-state index contributed by atoms with van der Waals surface area (Å²) < 4.78 is 0. The summed E-state index contributed by atoms with van der Waals surface area (Å²) >= 11 is 0. The van der Waals surface area contributed by atoms with Crippen LogP contribution in [-0.2, 0) is 4.79 Å². The molecule has 0 saturated heterocycles. The molecule has 20 heavy (non-hydrogen) atoms. The van der Waals surface area contributed by atoms with Crippen molar-refractivity contribution in [3.05, 3.63) is 48.7 Å². The van der Waals surface area contributed by atoms with Gasteiger partial charge in [0.2, 0.25) is 5.91 Å². The van der Waals surface area contributed by atoms with Crippen LogP contribution in [0.25, 0.3) is 0 Å². The fourth-order valence-corrected chi connectivity index (χ4v) is 2.57. The maximum atomic E-state index is 12.2. The van der Waals surface area contributed by atoms with Crippen LogP contribution in [0.4, 0.5) is 0 Å². The van der Waals surface area contributed by atoms with Crippen LogP contribution in [0, 0.1) is 11.3 Å². The van der Waals surface area contributed by atoms with Crippen molar-refractivity contribution < 1.29 is 4.79 Å². The first-order chi connectivity index (χ1) is 9.45. The van der Waals surface area contributed by atoms with Crippen molar-refractivity contribution in [3.63, 3.8) is 0 Å². The summed E-state index contributed by atoms with van der Waals surface area (Å²) in [5.74, 6) is 0.877. The molecule has 1 saturated carbocycles. The topological polar surface area (TPSA) is 20.3 Å². The van der Waals surface area contributed by atoms with Gasteiger partial charge in [0.15, 0.2) is 0 Å². The third-order valence-electron chi connectivity index (χ3n) is 4.48. The minimum absolute atomic E-state index is 0.0140. The van der Waals surface area contributed by atoms with Crippen LogP contribution >= 0.6 is 0 Å². The lowest BCUT2D eigenvalue weighted by Crippen LogP contribution is -2.38. The predicted molar refractivity (Wildman–Crippen MR) is 83.3 cm³/mol. The molecule has 1 aliphatic rings. The summed E-state index contributed by atoms with van der Waals surface area (Å²) in [6, 6.07) is 10.5. The van der Waals surface area contributed by atoms with Crippen LogP contribution in [0.15, 0.2) is 43.1 Å². The molecule has 0 heterocycles. The number of nitrogens with zero attached hydrogens (tertiary/aromatic N) is 1. The van der Waals surface area contributed by atoms with E-state index in [1.807, 2.05) is 11.0 Å². The van der Waals surface area contributed by atoms with Crippen molar-refractivity contribution in [3.8, 4) is 0 Å². The average Bonchev–Trinajstić information content (AvgIpc) is 3.28. The standard InChI is InChI=1S/C18H25NO/c1-5-19(17(20)16-11-12-16)13-18(3,4)14(2)15-9-7-6-8-10-15/h5-10,14,16H,1,11-13H2,2-4H3. The Bertz CT molecular complexity index is 473. The maximum Gasteiger partial charge on any atom is 0.229 e. The highest BCUT2D eigenvalue weighted by Gasteiger charge is 2.36. The fraction of sp³-hybridized carbons (Fsp3) is 0.500. The highest BCUT2D eigenvalue weighted by molar-refractivity contribution is 5.81. The van der Waals surface area contributed by atoms with Crippen molar-refractivity contribution in [1.29, 1.82) is 0 Å². The molecular formula is C18H25NO. The largest absolute Gasteiger partial charge is 0.319 e. The number of carbonyl (C=O) groups excluding carboxylic acids is 1. The number of rotatable bonds is 6. The Morgan fingerprint density at radius 2 is 2.00 bits per heavy atom. The molecule has 0 N–H and O–H groups in total. The first-order valence-electron chi connectivity index (χ1n) is 7.43. The van der Waals surface area contributed by atoms with E-state index in [0.29, 0.717) is 5.92 Å². The quantitative estimate of drug-likeness (QED) is 0.759. The molecule has 1 atom stereocenters. The van der Waals surface area contributed by atoms with E-state index in [2.05, 4.69) is 51.6 Å². The molecule has 0 spiro atoms. The molecule has 108 valence electrons. The lowest BCUT2D eigenvalue weighted by molar-refractivity contribution is -0.131. The van der Waals surface area contributed by atoms with Gasteiger partial charge in [-0.15, -0.1) is 0 Å². The van der Waals surface area contributed by atoms with E-state index < -0.39 is 0 Å². The summed E-state index contributed by atoms with van der Waals surface area (Å²) in [4.78, 5) is 14.0. The van der Waals surface area contributed by atoms with E-state index >= 15 is 0 Å². The molecule has 2 nitrogen and oxygen atoms in total. The Labute approximate surface area is 122 Å². The van der Waals surface area contributed by atoms with E-state index in [9.17, 15) is 4.79 Å². The molecule has 0 bridgehead atoms. The monoisotopic (exact) mass is 271 g/mol. The first kappa shape index (κ1) is 14.8. The second-order valence-corrected chi connectivity index (χ2v) is 6.54. The van der Waals surface area contributed by atoms with Gasteiger partial charge in [0.25, 0.3) is 0 Å². The molecule has 0 aliphatic heterocycles. The van der Waals surface area contributed by atoms with Gasteiger partial charge < -0.3 is 4.90 Å². The van der Waals surface area contributed by atoms with Crippen LogP contribution < -0.4 is 0 Å². The Morgan fingerprint density at radius 3 is 2.50 bits per heavy atom. The van der Waals surface area contributed by atoms with E-state index in [4.69, 9.17) is 0 Å². The Kier molecular flexibility index (Phi) is 4.32. The van der Waals surface area contributed by atoms with Gasteiger partial charge in [-0.05, 0) is 35.9 Å². The second-order valence-electron chi connectivity index (χ2n) is 6.54. The van der Waals surface area contributed by atoms with E-state index in [1.165, 1.54) is 5.56 Å². The highest BCUT2D eigenvalue weighted by Crippen LogP contribution is 2.38. The van der Waals surface area contributed by atoms with Crippen molar-refractivity contribution in [2.24, 2.45) is 11.3 Å². The van der Waals surface area contributed by atoms with Crippen molar-refractivity contribution in [2.45, 2.75) is 39.5 Å². The molecule has 0 radical (unpaired) electrons. The second kappa shape index (κ2) is 5.82.